The highest BCUT2D eigenvalue weighted by molar-refractivity contribution is 6.30. The van der Waals surface area contributed by atoms with Crippen molar-refractivity contribution in [2.24, 2.45) is 5.73 Å². The summed E-state index contributed by atoms with van der Waals surface area (Å²) in [7, 11) is 0. The third-order valence-electron chi connectivity index (χ3n) is 4.22. The van der Waals surface area contributed by atoms with Crippen molar-refractivity contribution in [1.82, 2.24) is 10.6 Å². The fraction of sp³-hybridized carbons (Fsp3) is 0.500. The molecule has 5 nitrogen and oxygen atoms in total. The van der Waals surface area contributed by atoms with Crippen LogP contribution < -0.4 is 16.4 Å². The fourth-order valence-corrected chi connectivity index (χ4v) is 3.16. The molecule has 1 unspecified atom stereocenters. The van der Waals surface area contributed by atoms with E-state index in [1.807, 2.05) is 24.3 Å². The normalized spacial score (nSPS) is 18.3. The van der Waals surface area contributed by atoms with E-state index in [0.717, 1.165) is 31.2 Å². The molecular weight excluding hydrogens is 302 g/mol. The van der Waals surface area contributed by atoms with Gasteiger partial charge in [0.25, 0.3) is 0 Å². The molecule has 1 atom stereocenters. The minimum absolute atomic E-state index is 0.226. The van der Waals surface area contributed by atoms with Gasteiger partial charge in [0.05, 0.1) is 5.54 Å². The summed E-state index contributed by atoms with van der Waals surface area (Å²) in [4.78, 5) is 23.3. The largest absolute Gasteiger partial charge is 0.352 e. The highest BCUT2D eigenvalue weighted by Crippen LogP contribution is 2.37. The van der Waals surface area contributed by atoms with Gasteiger partial charge in [-0.15, -0.1) is 0 Å². The van der Waals surface area contributed by atoms with Crippen LogP contribution in [0.5, 0.6) is 0 Å². The van der Waals surface area contributed by atoms with E-state index in [1.54, 1.807) is 6.92 Å². The average Bonchev–Trinajstić information content (AvgIpc) is 2.48. The summed E-state index contributed by atoms with van der Waals surface area (Å²) in [5.74, 6) is -0.226. The van der Waals surface area contributed by atoms with Gasteiger partial charge in [-0.3, -0.25) is 4.79 Å². The van der Waals surface area contributed by atoms with Crippen molar-refractivity contribution in [3.63, 3.8) is 0 Å². The zero-order chi connectivity index (χ0) is 16.2. The van der Waals surface area contributed by atoms with Crippen LogP contribution in [0.4, 0.5) is 4.79 Å². The maximum Gasteiger partial charge on any atom is 0.312 e. The average molecular weight is 324 g/mol. The Morgan fingerprint density at radius 1 is 1.18 bits per heavy atom. The van der Waals surface area contributed by atoms with Crippen molar-refractivity contribution in [3.05, 3.63) is 34.9 Å². The highest BCUT2D eigenvalue weighted by atomic mass is 35.5. The first kappa shape index (κ1) is 16.6. The van der Waals surface area contributed by atoms with Crippen molar-refractivity contribution in [3.8, 4) is 0 Å². The summed E-state index contributed by atoms with van der Waals surface area (Å²) >= 11 is 5.96. The third kappa shape index (κ3) is 3.91. The van der Waals surface area contributed by atoms with Crippen LogP contribution in [0, 0.1) is 0 Å². The lowest BCUT2D eigenvalue weighted by Gasteiger charge is -2.39. The molecule has 1 aliphatic rings. The van der Waals surface area contributed by atoms with E-state index in [0.29, 0.717) is 5.02 Å². The number of halogens is 1. The first-order valence-corrected chi connectivity index (χ1v) is 7.95. The number of hydrogen-bond acceptors (Lipinski definition) is 2. The molecule has 0 aliphatic heterocycles. The minimum atomic E-state index is -0.702. The second-order valence-electron chi connectivity index (χ2n) is 5.87. The SMILES string of the molecule is CC(NC(N)=O)C(=O)NC1(c2ccc(Cl)cc2)CCCCC1. The van der Waals surface area contributed by atoms with Crippen LogP contribution in [0.1, 0.15) is 44.6 Å². The Labute approximate surface area is 135 Å². The number of hydrogen-bond donors (Lipinski definition) is 3. The lowest BCUT2D eigenvalue weighted by molar-refractivity contribution is -0.125. The van der Waals surface area contributed by atoms with E-state index < -0.39 is 17.6 Å². The lowest BCUT2D eigenvalue weighted by atomic mass is 9.76. The zero-order valence-corrected chi connectivity index (χ0v) is 13.5. The van der Waals surface area contributed by atoms with E-state index in [2.05, 4.69) is 10.6 Å². The van der Waals surface area contributed by atoms with Crippen LogP contribution in [-0.2, 0) is 10.3 Å². The van der Waals surface area contributed by atoms with Crippen molar-refractivity contribution in [2.75, 3.05) is 0 Å². The van der Waals surface area contributed by atoms with Gasteiger partial charge in [-0.1, -0.05) is 43.0 Å². The van der Waals surface area contributed by atoms with E-state index in [-0.39, 0.29) is 5.91 Å². The minimum Gasteiger partial charge on any atom is -0.352 e. The number of rotatable bonds is 4. The van der Waals surface area contributed by atoms with Gasteiger partial charge in [-0.25, -0.2) is 4.79 Å². The third-order valence-corrected chi connectivity index (χ3v) is 4.47. The molecule has 1 fully saturated rings. The molecule has 1 aromatic carbocycles. The van der Waals surface area contributed by atoms with Gasteiger partial charge in [-0.2, -0.15) is 0 Å². The molecule has 1 aromatic rings. The highest BCUT2D eigenvalue weighted by Gasteiger charge is 2.36. The summed E-state index contributed by atoms with van der Waals surface area (Å²) in [6.07, 6.45) is 5.04. The molecule has 1 saturated carbocycles. The molecule has 4 N–H and O–H groups in total. The van der Waals surface area contributed by atoms with Crippen LogP contribution in [0.2, 0.25) is 5.02 Å². The van der Waals surface area contributed by atoms with E-state index in [4.69, 9.17) is 17.3 Å². The molecular formula is C16H22ClN3O2. The molecule has 0 aromatic heterocycles. The van der Waals surface area contributed by atoms with E-state index in [9.17, 15) is 9.59 Å². The Morgan fingerprint density at radius 3 is 2.32 bits per heavy atom. The Morgan fingerprint density at radius 2 is 1.77 bits per heavy atom. The summed E-state index contributed by atoms with van der Waals surface area (Å²) in [5, 5.41) is 6.21. The second kappa shape index (κ2) is 7.01. The molecule has 6 heteroatoms. The Bertz CT molecular complexity index is 539. The quantitative estimate of drug-likeness (QED) is 0.796. The molecule has 0 radical (unpaired) electrons. The van der Waals surface area contributed by atoms with Crippen LogP contribution in [0.25, 0.3) is 0 Å². The van der Waals surface area contributed by atoms with Crippen molar-refractivity contribution in [2.45, 2.75) is 50.6 Å². The van der Waals surface area contributed by atoms with Gasteiger partial charge in [-0.05, 0) is 37.5 Å². The van der Waals surface area contributed by atoms with E-state index >= 15 is 0 Å². The molecule has 0 bridgehead atoms. The molecule has 0 spiro atoms. The first-order valence-electron chi connectivity index (χ1n) is 7.57. The molecule has 120 valence electrons. The molecule has 0 heterocycles. The van der Waals surface area contributed by atoms with Crippen LogP contribution >= 0.6 is 11.6 Å². The molecule has 1 aliphatic carbocycles. The number of amides is 3. The predicted octanol–water partition coefficient (Wildman–Crippen LogP) is 2.67. The summed E-state index contributed by atoms with van der Waals surface area (Å²) < 4.78 is 0. The summed E-state index contributed by atoms with van der Waals surface area (Å²) in [6, 6.07) is 6.23. The van der Waals surface area contributed by atoms with Gasteiger partial charge in [0, 0.05) is 5.02 Å². The zero-order valence-electron chi connectivity index (χ0n) is 12.7. The Balaban J connectivity index is 2.20. The Kier molecular flexibility index (Phi) is 5.29. The van der Waals surface area contributed by atoms with Crippen molar-refractivity contribution >= 4 is 23.5 Å². The maximum absolute atomic E-state index is 12.4. The standard InChI is InChI=1S/C16H22ClN3O2/c1-11(19-15(18)22)14(21)20-16(9-3-2-4-10-16)12-5-7-13(17)8-6-12/h5-8,11H,2-4,9-10H2,1H3,(H,20,21)(H3,18,19,22). The Hall–Kier alpha value is -1.75. The molecule has 0 saturated heterocycles. The number of urea groups is 1. The first-order chi connectivity index (χ1) is 10.4. The fourth-order valence-electron chi connectivity index (χ4n) is 3.03. The molecule has 2 rings (SSSR count). The maximum atomic E-state index is 12.4. The van der Waals surface area contributed by atoms with Gasteiger partial charge >= 0.3 is 6.03 Å². The number of carbonyl (C=O) groups excluding carboxylic acids is 2. The monoisotopic (exact) mass is 323 g/mol. The van der Waals surface area contributed by atoms with Crippen LogP contribution in [0.3, 0.4) is 0 Å². The predicted molar refractivity (Wildman–Crippen MR) is 86.5 cm³/mol. The number of nitrogens with one attached hydrogen (secondary N) is 2. The lowest BCUT2D eigenvalue weighted by Crippen LogP contribution is -2.54. The summed E-state index contributed by atoms with van der Waals surface area (Å²) in [5.41, 5.74) is 5.74. The van der Waals surface area contributed by atoms with E-state index in [1.165, 1.54) is 6.42 Å². The molecule has 3 amide bonds. The number of benzene rings is 1. The number of carbonyl (C=O) groups is 2. The van der Waals surface area contributed by atoms with Gasteiger partial charge in [0.1, 0.15) is 6.04 Å². The van der Waals surface area contributed by atoms with Gasteiger partial charge in [0.2, 0.25) is 5.91 Å². The van der Waals surface area contributed by atoms with Crippen molar-refractivity contribution < 1.29 is 9.59 Å². The smallest absolute Gasteiger partial charge is 0.312 e. The second-order valence-corrected chi connectivity index (χ2v) is 6.31. The van der Waals surface area contributed by atoms with Gasteiger partial charge in [0.15, 0.2) is 0 Å². The number of primary amides is 1. The van der Waals surface area contributed by atoms with Crippen LogP contribution in [-0.4, -0.2) is 18.0 Å². The van der Waals surface area contributed by atoms with Gasteiger partial charge < -0.3 is 16.4 Å². The molecule has 22 heavy (non-hydrogen) atoms. The van der Waals surface area contributed by atoms with Crippen LogP contribution in [0.15, 0.2) is 24.3 Å². The summed E-state index contributed by atoms with van der Waals surface area (Å²) in [6.45, 7) is 1.62. The topological polar surface area (TPSA) is 84.2 Å². The number of nitrogens with two attached hydrogens (primary N) is 1. The van der Waals surface area contributed by atoms with Crippen molar-refractivity contribution in [1.29, 1.82) is 0 Å².